The summed E-state index contributed by atoms with van der Waals surface area (Å²) in [5, 5.41) is 15.6. The summed E-state index contributed by atoms with van der Waals surface area (Å²) >= 11 is 0. The summed E-state index contributed by atoms with van der Waals surface area (Å²) in [4.78, 5) is 23.4. The van der Waals surface area contributed by atoms with Gasteiger partial charge in [-0.1, -0.05) is 26.0 Å². The SMILES string of the molecule is Cn1ccc(C(=O)NCC(C)(C)Cc2ccc(C(=O)NO)cc2)n1. The Kier molecular flexibility index (Phi) is 5.35. The van der Waals surface area contributed by atoms with E-state index < -0.39 is 5.91 Å². The van der Waals surface area contributed by atoms with E-state index >= 15 is 0 Å². The molecule has 0 unspecified atom stereocenters. The molecule has 1 aromatic heterocycles. The fourth-order valence-electron chi connectivity index (χ4n) is 2.40. The summed E-state index contributed by atoms with van der Waals surface area (Å²) in [7, 11) is 1.77. The van der Waals surface area contributed by atoms with Crippen molar-refractivity contribution in [2.45, 2.75) is 20.3 Å². The van der Waals surface area contributed by atoms with Gasteiger partial charge < -0.3 is 5.32 Å². The molecule has 24 heavy (non-hydrogen) atoms. The van der Waals surface area contributed by atoms with Crippen molar-refractivity contribution in [2.75, 3.05) is 6.54 Å². The molecule has 0 spiro atoms. The van der Waals surface area contributed by atoms with Crippen LogP contribution in [0.15, 0.2) is 36.5 Å². The number of amides is 2. The third-order valence-corrected chi connectivity index (χ3v) is 3.67. The van der Waals surface area contributed by atoms with Crippen molar-refractivity contribution in [3.63, 3.8) is 0 Å². The van der Waals surface area contributed by atoms with Crippen LogP contribution >= 0.6 is 0 Å². The van der Waals surface area contributed by atoms with Gasteiger partial charge in [0.05, 0.1) is 0 Å². The molecule has 0 bridgehead atoms. The van der Waals surface area contributed by atoms with Crippen LogP contribution in [0.4, 0.5) is 0 Å². The Labute approximate surface area is 140 Å². The maximum Gasteiger partial charge on any atom is 0.274 e. The van der Waals surface area contributed by atoms with Gasteiger partial charge in [0.1, 0.15) is 5.69 Å². The first-order chi connectivity index (χ1) is 11.3. The number of aromatic nitrogens is 2. The van der Waals surface area contributed by atoms with Gasteiger partial charge in [0.2, 0.25) is 0 Å². The van der Waals surface area contributed by atoms with Crippen molar-refractivity contribution >= 4 is 11.8 Å². The summed E-state index contributed by atoms with van der Waals surface area (Å²) in [5.41, 5.74) is 3.27. The van der Waals surface area contributed by atoms with Crippen LogP contribution < -0.4 is 10.8 Å². The number of hydroxylamine groups is 1. The first-order valence-electron chi connectivity index (χ1n) is 7.62. The molecular formula is C17H22N4O3. The van der Waals surface area contributed by atoms with Crippen LogP contribution in [-0.4, -0.2) is 33.3 Å². The molecule has 0 saturated heterocycles. The molecule has 0 atom stereocenters. The van der Waals surface area contributed by atoms with Gasteiger partial charge >= 0.3 is 0 Å². The van der Waals surface area contributed by atoms with Crippen LogP contribution in [0.5, 0.6) is 0 Å². The van der Waals surface area contributed by atoms with Gasteiger partial charge in [0.15, 0.2) is 0 Å². The predicted molar refractivity (Wildman–Crippen MR) is 88.7 cm³/mol. The number of rotatable bonds is 6. The number of hydrogen-bond acceptors (Lipinski definition) is 4. The second-order valence-electron chi connectivity index (χ2n) is 6.54. The minimum Gasteiger partial charge on any atom is -0.350 e. The lowest BCUT2D eigenvalue weighted by molar-refractivity contribution is 0.0706. The molecule has 128 valence electrons. The van der Waals surface area contributed by atoms with Crippen molar-refractivity contribution in [1.82, 2.24) is 20.6 Å². The standard InChI is InChI=1S/C17H22N4O3/c1-17(2,11-18-16(23)14-8-9-21(3)19-14)10-12-4-6-13(7-5-12)15(22)20-24/h4-9,24H,10-11H2,1-3H3,(H,18,23)(H,20,22). The van der Waals surface area contributed by atoms with Crippen molar-refractivity contribution in [2.24, 2.45) is 12.5 Å². The molecule has 2 aromatic rings. The number of carbonyl (C=O) groups excluding carboxylic acids is 2. The minimum absolute atomic E-state index is 0.162. The van der Waals surface area contributed by atoms with Crippen molar-refractivity contribution < 1.29 is 14.8 Å². The highest BCUT2D eigenvalue weighted by atomic mass is 16.5. The van der Waals surface area contributed by atoms with Crippen molar-refractivity contribution in [3.05, 3.63) is 53.3 Å². The van der Waals surface area contributed by atoms with Crippen LogP contribution in [0.1, 0.15) is 40.3 Å². The number of nitrogens with one attached hydrogen (secondary N) is 2. The second kappa shape index (κ2) is 7.27. The number of nitrogens with zero attached hydrogens (tertiary/aromatic N) is 2. The van der Waals surface area contributed by atoms with Crippen LogP contribution in [-0.2, 0) is 13.5 Å². The summed E-state index contributed by atoms with van der Waals surface area (Å²) in [6.45, 7) is 4.61. The Balaban J connectivity index is 1.93. The monoisotopic (exact) mass is 330 g/mol. The summed E-state index contributed by atoms with van der Waals surface area (Å²) < 4.78 is 1.59. The van der Waals surface area contributed by atoms with E-state index in [2.05, 4.69) is 24.3 Å². The molecule has 1 heterocycles. The van der Waals surface area contributed by atoms with E-state index in [1.807, 2.05) is 12.1 Å². The van der Waals surface area contributed by atoms with E-state index in [4.69, 9.17) is 5.21 Å². The quantitative estimate of drug-likeness (QED) is 0.553. The maximum absolute atomic E-state index is 12.1. The molecule has 0 aliphatic rings. The zero-order valence-electron chi connectivity index (χ0n) is 14.0. The lowest BCUT2D eigenvalue weighted by Crippen LogP contribution is -2.35. The number of hydrogen-bond donors (Lipinski definition) is 3. The van der Waals surface area contributed by atoms with Gasteiger partial charge in [-0.2, -0.15) is 5.10 Å². The van der Waals surface area contributed by atoms with Gasteiger partial charge in [-0.05, 0) is 35.6 Å². The first-order valence-corrected chi connectivity index (χ1v) is 7.62. The Morgan fingerprint density at radius 3 is 2.38 bits per heavy atom. The molecule has 2 amide bonds. The zero-order chi connectivity index (χ0) is 17.7. The first kappa shape index (κ1) is 17.7. The van der Waals surface area contributed by atoms with Crippen molar-refractivity contribution in [3.8, 4) is 0 Å². The predicted octanol–water partition coefficient (Wildman–Crippen LogP) is 1.54. The summed E-state index contributed by atoms with van der Waals surface area (Å²) in [6.07, 6.45) is 2.46. The Hall–Kier alpha value is -2.67. The Morgan fingerprint density at radius 2 is 1.83 bits per heavy atom. The Morgan fingerprint density at radius 1 is 1.17 bits per heavy atom. The van der Waals surface area contributed by atoms with Gasteiger partial charge in [-0.25, -0.2) is 5.48 Å². The minimum atomic E-state index is -0.538. The van der Waals surface area contributed by atoms with E-state index in [0.29, 0.717) is 17.8 Å². The number of carbonyl (C=O) groups is 2. The third kappa shape index (κ3) is 4.66. The van der Waals surface area contributed by atoms with E-state index in [1.165, 1.54) is 0 Å². The smallest absolute Gasteiger partial charge is 0.274 e. The molecule has 0 saturated carbocycles. The summed E-state index contributed by atoms with van der Waals surface area (Å²) in [6, 6.07) is 8.67. The van der Waals surface area contributed by atoms with Crippen LogP contribution in [0.25, 0.3) is 0 Å². The molecule has 7 nitrogen and oxygen atoms in total. The average molecular weight is 330 g/mol. The molecule has 3 N–H and O–H groups in total. The van der Waals surface area contributed by atoms with E-state index in [-0.39, 0.29) is 11.3 Å². The van der Waals surface area contributed by atoms with Crippen LogP contribution in [0, 0.1) is 5.41 Å². The highest BCUT2D eigenvalue weighted by Crippen LogP contribution is 2.21. The fraction of sp³-hybridized carbons (Fsp3) is 0.353. The molecule has 7 heteroatoms. The molecule has 1 aromatic carbocycles. The highest BCUT2D eigenvalue weighted by Gasteiger charge is 2.21. The average Bonchev–Trinajstić information content (AvgIpc) is 2.99. The van der Waals surface area contributed by atoms with Crippen LogP contribution in [0.2, 0.25) is 0 Å². The molecule has 0 aliphatic carbocycles. The number of benzene rings is 1. The third-order valence-electron chi connectivity index (χ3n) is 3.67. The van der Waals surface area contributed by atoms with Gasteiger partial charge in [-0.15, -0.1) is 0 Å². The van der Waals surface area contributed by atoms with E-state index in [1.54, 1.807) is 41.6 Å². The highest BCUT2D eigenvalue weighted by molar-refractivity contribution is 5.93. The van der Waals surface area contributed by atoms with Crippen molar-refractivity contribution in [1.29, 1.82) is 0 Å². The molecule has 0 fully saturated rings. The lowest BCUT2D eigenvalue weighted by atomic mass is 9.85. The van der Waals surface area contributed by atoms with Crippen LogP contribution in [0.3, 0.4) is 0 Å². The van der Waals surface area contributed by atoms with Gasteiger partial charge in [0.25, 0.3) is 11.8 Å². The summed E-state index contributed by atoms with van der Waals surface area (Å²) in [5.74, 6) is -0.734. The zero-order valence-corrected chi connectivity index (χ0v) is 14.0. The Bertz CT molecular complexity index is 720. The molecule has 0 aliphatic heterocycles. The molecule has 2 rings (SSSR count). The maximum atomic E-state index is 12.1. The normalized spacial score (nSPS) is 11.2. The van der Waals surface area contributed by atoms with E-state index in [9.17, 15) is 9.59 Å². The largest absolute Gasteiger partial charge is 0.350 e. The van der Waals surface area contributed by atoms with E-state index in [0.717, 1.165) is 12.0 Å². The van der Waals surface area contributed by atoms with Gasteiger partial charge in [0, 0.05) is 25.4 Å². The fourth-order valence-corrected chi connectivity index (χ4v) is 2.40. The number of aryl methyl sites for hydroxylation is 1. The topological polar surface area (TPSA) is 96.2 Å². The molecule has 0 radical (unpaired) electrons. The second-order valence-corrected chi connectivity index (χ2v) is 6.54. The van der Waals surface area contributed by atoms with Gasteiger partial charge in [-0.3, -0.25) is 19.5 Å². The lowest BCUT2D eigenvalue weighted by Gasteiger charge is -2.25. The molecular weight excluding hydrogens is 308 g/mol.